The van der Waals surface area contributed by atoms with Crippen LogP contribution >= 0.6 is 0 Å². The highest BCUT2D eigenvalue weighted by molar-refractivity contribution is 7.89. The first kappa shape index (κ1) is 16.9. The SMILES string of the molecule is COCC1(CNC2CC2)CCN(S(=O)(=O)c2ccnn2C)CC1. The van der Waals surface area contributed by atoms with Gasteiger partial charge < -0.3 is 10.1 Å². The third kappa shape index (κ3) is 3.60. The zero-order chi connectivity index (χ0) is 16.5. The molecule has 7 nitrogen and oxygen atoms in total. The molecule has 0 amide bonds. The maximum absolute atomic E-state index is 12.7. The number of sulfonamides is 1. The molecule has 1 aromatic rings. The Morgan fingerprint density at radius 1 is 1.39 bits per heavy atom. The summed E-state index contributed by atoms with van der Waals surface area (Å²) in [5, 5.41) is 7.81. The van der Waals surface area contributed by atoms with E-state index in [-0.39, 0.29) is 10.4 Å². The van der Waals surface area contributed by atoms with E-state index in [1.54, 1.807) is 24.5 Å². The minimum Gasteiger partial charge on any atom is -0.384 e. The predicted octanol–water partition coefficient (Wildman–Crippen LogP) is 0.589. The molecule has 1 aliphatic carbocycles. The van der Waals surface area contributed by atoms with E-state index in [2.05, 4.69) is 10.4 Å². The van der Waals surface area contributed by atoms with Crippen molar-refractivity contribution in [2.45, 2.75) is 36.8 Å². The van der Waals surface area contributed by atoms with Gasteiger partial charge >= 0.3 is 0 Å². The van der Waals surface area contributed by atoms with Crippen LogP contribution in [-0.4, -0.2) is 61.9 Å². The fourth-order valence-electron chi connectivity index (χ4n) is 3.27. The average molecular weight is 342 g/mol. The molecule has 1 aromatic heterocycles. The molecule has 1 saturated heterocycles. The second-order valence-electron chi connectivity index (χ2n) is 6.79. The smallest absolute Gasteiger partial charge is 0.260 e. The monoisotopic (exact) mass is 342 g/mol. The first-order chi connectivity index (χ1) is 11.0. The highest BCUT2D eigenvalue weighted by Crippen LogP contribution is 2.34. The van der Waals surface area contributed by atoms with Gasteiger partial charge in [0.25, 0.3) is 10.0 Å². The second-order valence-corrected chi connectivity index (χ2v) is 8.67. The molecule has 2 fully saturated rings. The summed E-state index contributed by atoms with van der Waals surface area (Å²) in [5.74, 6) is 0. The molecule has 1 saturated carbocycles. The molecule has 23 heavy (non-hydrogen) atoms. The summed E-state index contributed by atoms with van der Waals surface area (Å²) < 4.78 is 33.9. The highest BCUT2D eigenvalue weighted by Gasteiger charge is 2.40. The minimum atomic E-state index is -3.46. The van der Waals surface area contributed by atoms with Gasteiger partial charge in [0.05, 0.1) is 12.8 Å². The summed E-state index contributed by atoms with van der Waals surface area (Å²) in [5.41, 5.74) is 0.0375. The number of methoxy groups -OCH3 is 1. The molecule has 1 aliphatic heterocycles. The summed E-state index contributed by atoms with van der Waals surface area (Å²) in [6.07, 6.45) is 5.66. The van der Waals surface area contributed by atoms with Gasteiger partial charge in [0.2, 0.25) is 0 Å². The van der Waals surface area contributed by atoms with Crippen LogP contribution in [0.15, 0.2) is 17.3 Å². The topological polar surface area (TPSA) is 76.5 Å². The van der Waals surface area contributed by atoms with Crippen LogP contribution in [0.2, 0.25) is 0 Å². The molecule has 1 N–H and O–H groups in total. The summed E-state index contributed by atoms with van der Waals surface area (Å²) >= 11 is 0. The molecule has 0 radical (unpaired) electrons. The van der Waals surface area contributed by atoms with E-state index in [0.29, 0.717) is 25.7 Å². The van der Waals surface area contributed by atoms with Gasteiger partial charge in [-0.05, 0) is 31.7 Å². The Labute approximate surface area is 138 Å². The third-order valence-corrected chi connectivity index (χ3v) is 6.93. The number of ether oxygens (including phenoxy) is 1. The lowest BCUT2D eigenvalue weighted by atomic mass is 9.79. The van der Waals surface area contributed by atoms with Crippen LogP contribution in [0.1, 0.15) is 25.7 Å². The van der Waals surface area contributed by atoms with Crippen LogP contribution < -0.4 is 5.32 Å². The summed E-state index contributed by atoms with van der Waals surface area (Å²) in [4.78, 5) is 0. The van der Waals surface area contributed by atoms with Crippen molar-refractivity contribution in [3.8, 4) is 0 Å². The Morgan fingerprint density at radius 3 is 2.61 bits per heavy atom. The Kier molecular flexibility index (Phi) is 4.78. The lowest BCUT2D eigenvalue weighted by Crippen LogP contribution is -2.49. The first-order valence-electron chi connectivity index (χ1n) is 8.17. The van der Waals surface area contributed by atoms with Crippen molar-refractivity contribution in [1.82, 2.24) is 19.4 Å². The second kappa shape index (κ2) is 6.51. The Morgan fingerprint density at radius 2 is 2.09 bits per heavy atom. The number of aromatic nitrogens is 2. The lowest BCUT2D eigenvalue weighted by Gasteiger charge is -2.41. The molecule has 2 heterocycles. The number of nitrogens with zero attached hydrogens (tertiary/aromatic N) is 3. The Balaban J connectivity index is 1.67. The van der Waals surface area contributed by atoms with Gasteiger partial charge in [-0.1, -0.05) is 0 Å². The van der Waals surface area contributed by atoms with Crippen LogP contribution in [-0.2, 0) is 21.8 Å². The quantitative estimate of drug-likeness (QED) is 0.785. The summed E-state index contributed by atoms with van der Waals surface area (Å²) in [6, 6.07) is 2.21. The van der Waals surface area contributed by atoms with Crippen LogP contribution in [0.25, 0.3) is 0 Å². The van der Waals surface area contributed by atoms with Crippen molar-refractivity contribution in [3.63, 3.8) is 0 Å². The number of hydrogen-bond donors (Lipinski definition) is 1. The van der Waals surface area contributed by atoms with Crippen molar-refractivity contribution >= 4 is 10.0 Å². The zero-order valence-electron chi connectivity index (χ0n) is 13.9. The van der Waals surface area contributed by atoms with E-state index in [9.17, 15) is 8.42 Å². The first-order valence-corrected chi connectivity index (χ1v) is 9.61. The largest absolute Gasteiger partial charge is 0.384 e. The van der Waals surface area contributed by atoms with Crippen LogP contribution in [0, 0.1) is 5.41 Å². The van der Waals surface area contributed by atoms with E-state index in [0.717, 1.165) is 19.4 Å². The van der Waals surface area contributed by atoms with Crippen molar-refractivity contribution in [3.05, 3.63) is 12.3 Å². The van der Waals surface area contributed by atoms with Crippen molar-refractivity contribution in [2.75, 3.05) is 33.4 Å². The van der Waals surface area contributed by atoms with E-state index < -0.39 is 10.0 Å². The van der Waals surface area contributed by atoms with E-state index >= 15 is 0 Å². The molecule has 130 valence electrons. The Bertz CT molecular complexity index is 631. The van der Waals surface area contributed by atoms with Crippen molar-refractivity contribution in [2.24, 2.45) is 12.5 Å². The van der Waals surface area contributed by atoms with Crippen LogP contribution in [0.3, 0.4) is 0 Å². The fourth-order valence-corrected chi connectivity index (χ4v) is 4.82. The molecule has 0 atom stereocenters. The summed E-state index contributed by atoms with van der Waals surface area (Å²) in [6.45, 7) is 2.64. The third-order valence-electron chi connectivity index (χ3n) is 4.96. The summed E-state index contributed by atoms with van der Waals surface area (Å²) in [7, 11) is -0.0827. The standard InChI is InChI=1S/C15H26N4O3S/c1-18-14(5-8-17-18)23(20,21)19-9-6-15(7-10-19,12-22-2)11-16-13-3-4-13/h5,8,13,16H,3-4,6-7,9-12H2,1-2H3. The molecular weight excluding hydrogens is 316 g/mol. The minimum absolute atomic E-state index is 0.0375. The van der Waals surface area contributed by atoms with Gasteiger partial charge in [0.15, 0.2) is 5.03 Å². The predicted molar refractivity (Wildman–Crippen MR) is 86.5 cm³/mol. The molecule has 0 unspecified atom stereocenters. The van der Waals surface area contributed by atoms with Crippen LogP contribution in [0.4, 0.5) is 0 Å². The van der Waals surface area contributed by atoms with Gasteiger partial charge in [-0.15, -0.1) is 0 Å². The van der Waals surface area contributed by atoms with Gasteiger partial charge in [0.1, 0.15) is 0 Å². The number of aryl methyl sites for hydroxylation is 1. The molecule has 3 rings (SSSR count). The van der Waals surface area contributed by atoms with Crippen molar-refractivity contribution < 1.29 is 13.2 Å². The van der Waals surface area contributed by atoms with E-state index in [1.807, 2.05) is 0 Å². The fraction of sp³-hybridized carbons (Fsp3) is 0.800. The molecule has 2 aliphatic rings. The van der Waals surface area contributed by atoms with E-state index in [4.69, 9.17) is 4.74 Å². The molecule has 0 bridgehead atoms. The maximum atomic E-state index is 12.7. The molecule has 0 spiro atoms. The Hall–Kier alpha value is -0.960. The van der Waals surface area contributed by atoms with E-state index in [1.165, 1.54) is 23.7 Å². The van der Waals surface area contributed by atoms with Gasteiger partial charge in [-0.2, -0.15) is 9.40 Å². The maximum Gasteiger partial charge on any atom is 0.260 e. The van der Waals surface area contributed by atoms with Gasteiger partial charge in [-0.3, -0.25) is 4.68 Å². The zero-order valence-corrected chi connectivity index (χ0v) is 14.7. The highest BCUT2D eigenvalue weighted by atomic mass is 32.2. The number of rotatable bonds is 7. The average Bonchev–Trinajstić information content (AvgIpc) is 3.26. The molecule has 8 heteroatoms. The lowest BCUT2D eigenvalue weighted by molar-refractivity contribution is 0.0387. The van der Waals surface area contributed by atoms with Gasteiger partial charge in [-0.25, -0.2) is 8.42 Å². The van der Waals surface area contributed by atoms with Crippen molar-refractivity contribution in [1.29, 1.82) is 0 Å². The normalized spacial score (nSPS) is 22.3. The number of hydrogen-bond acceptors (Lipinski definition) is 5. The number of piperidine rings is 1. The molecule has 0 aromatic carbocycles. The van der Waals surface area contributed by atoms with Crippen LogP contribution in [0.5, 0.6) is 0 Å². The number of nitrogens with one attached hydrogen (secondary N) is 1. The van der Waals surface area contributed by atoms with Gasteiger partial charge in [0, 0.05) is 45.2 Å². The molecular formula is C15H26N4O3S.